The number of aromatic nitrogens is 5. The number of fused-ring (bicyclic) bond motifs is 1. The minimum absolute atomic E-state index is 0.152. The number of ether oxygens (including phenoxy) is 1. The first kappa shape index (κ1) is 28.3. The summed E-state index contributed by atoms with van der Waals surface area (Å²) < 4.78 is 35.2. The molecular formula is C28H33F2N9O2. The van der Waals surface area contributed by atoms with E-state index in [2.05, 4.69) is 30.6 Å². The largest absolute Gasteiger partial charge is 0.378 e. The lowest BCUT2D eigenvalue weighted by Crippen LogP contribution is -2.44. The van der Waals surface area contributed by atoms with E-state index in [0.717, 1.165) is 5.56 Å². The number of morpholine rings is 1. The van der Waals surface area contributed by atoms with E-state index in [4.69, 9.17) is 4.74 Å². The van der Waals surface area contributed by atoms with E-state index in [-0.39, 0.29) is 17.7 Å². The van der Waals surface area contributed by atoms with Crippen LogP contribution in [-0.2, 0) is 16.1 Å². The Morgan fingerprint density at radius 1 is 1.07 bits per heavy atom. The predicted molar refractivity (Wildman–Crippen MR) is 151 cm³/mol. The lowest BCUT2D eigenvalue weighted by atomic mass is 10.2. The fourth-order valence-electron chi connectivity index (χ4n) is 4.74. The zero-order chi connectivity index (χ0) is 28.8. The van der Waals surface area contributed by atoms with Crippen LogP contribution in [-0.4, -0.2) is 87.8 Å². The third-order valence-corrected chi connectivity index (χ3v) is 6.83. The van der Waals surface area contributed by atoms with E-state index in [1.54, 1.807) is 54.5 Å². The average molecular weight is 566 g/mol. The molecule has 216 valence electrons. The summed E-state index contributed by atoms with van der Waals surface area (Å²) in [6, 6.07) is 11.6. The monoisotopic (exact) mass is 565 g/mol. The normalized spacial score (nSPS) is 14.4. The van der Waals surface area contributed by atoms with Crippen LogP contribution >= 0.6 is 0 Å². The van der Waals surface area contributed by atoms with Crippen LogP contribution in [0, 0.1) is 0 Å². The molecule has 1 aromatic carbocycles. The number of carbonyl (C=O) groups is 1. The SMILES string of the molecule is CNCCN(Cc1ccncc1)C(=O)[C@H](C)Nc1nc(N2CCOCC2)cc(-n2c(C(F)F)nc3ccccc32)n1. The number of halogens is 2. The molecule has 0 bridgehead atoms. The van der Waals surface area contributed by atoms with Crippen LogP contribution in [0.4, 0.5) is 20.5 Å². The summed E-state index contributed by atoms with van der Waals surface area (Å²) in [6.45, 7) is 5.45. The van der Waals surface area contributed by atoms with Gasteiger partial charge in [0.15, 0.2) is 5.82 Å². The molecule has 1 amide bonds. The minimum atomic E-state index is -2.82. The summed E-state index contributed by atoms with van der Waals surface area (Å²) in [4.78, 5) is 34.9. The quantitative estimate of drug-likeness (QED) is 0.283. The second-order valence-corrected chi connectivity index (χ2v) is 9.69. The van der Waals surface area contributed by atoms with Crippen molar-refractivity contribution in [1.29, 1.82) is 0 Å². The first-order chi connectivity index (χ1) is 19.9. The molecule has 13 heteroatoms. The third-order valence-electron chi connectivity index (χ3n) is 6.83. The fourth-order valence-corrected chi connectivity index (χ4v) is 4.74. The Labute approximate surface area is 236 Å². The molecule has 11 nitrogen and oxygen atoms in total. The molecule has 1 saturated heterocycles. The fraction of sp³-hybridized carbons (Fsp3) is 0.393. The molecule has 4 heterocycles. The molecule has 0 radical (unpaired) electrons. The van der Waals surface area contributed by atoms with Crippen LogP contribution in [0.5, 0.6) is 0 Å². The number of para-hydroxylation sites is 2. The highest BCUT2D eigenvalue weighted by molar-refractivity contribution is 5.84. The number of amides is 1. The van der Waals surface area contributed by atoms with Gasteiger partial charge in [0.1, 0.15) is 17.7 Å². The first-order valence-corrected chi connectivity index (χ1v) is 13.5. The van der Waals surface area contributed by atoms with Crippen molar-refractivity contribution in [2.45, 2.75) is 25.9 Å². The van der Waals surface area contributed by atoms with Gasteiger partial charge in [-0.1, -0.05) is 12.1 Å². The molecule has 0 unspecified atom stereocenters. The van der Waals surface area contributed by atoms with Gasteiger partial charge in [0.25, 0.3) is 6.43 Å². The zero-order valence-corrected chi connectivity index (χ0v) is 23.0. The van der Waals surface area contributed by atoms with Gasteiger partial charge in [-0.05, 0) is 43.8 Å². The number of carbonyl (C=O) groups excluding carboxylic acids is 1. The van der Waals surface area contributed by atoms with Gasteiger partial charge in [0.05, 0.1) is 24.2 Å². The topological polar surface area (TPSA) is 113 Å². The van der Waals surface area contributed by atoms with Crippen molar-refractivity contribution in [2.75, 3.05) is 56.7 Å². The van der Waals surface area contributed by atoms with Crippen molar-refractivity contribution in [1.82, 2.24) is 34.7 Å². The molecule has 2 N–H and O–H groups in total. The first-order valence-electron chi connectivity index (χ1n) is 13.5. The van der Waals surface area contributed by atoms with E-state index in [0.29, 0.717) is 62.8 Å². The molecule has 0 aliphatic carbocycles. The number of hydrogen-bond acceptors (Lipinski definition) is 9. The number of benzene rings is 1. The van der Waals surface area contributed by atoms with Crippen molar-refractivity contribution in [3.63, 3.8) is 0 Å². The minimum Gasteiger partial charge on any atom is -0.378 e. The number of rotatable bonds is 11. The van der Waals surface area contributed by atoms with E-state index < -0.39 is 18.3 Å². The summed E-state index contributed by atoms with van der Waals surface area (Å²) in [5.74, 6) is 0.364. The molecule has 1 atom stereocenters. The van der Waals surface area contributed by atoms with Crippen molar-refractivity contribution in [2.24, 2.45) is 0 Å². The van der Waals surface area contributed by atoms with Crippen LogP contribution in [0.2, 0.25) is 0 Å². The Morgan fingerprint density at radius 3 is 2.54 bits per heavy atom. The molecule has 1 aliphatic rings. The molecular weight excluding hydrogens is 532 g/mol. The summed E-state index contributed by atoms with van der Waals surface area (Å²) in [5.41, 5.74) is 1.89. The molecule has 41 heavy (non-hydrogen) atoms. The number of imidazole rings is 1. The van der Waals surface area contributed by atoms with Crippen molar-refractivity contribution < 1.29 is 18.3 Å². The molecule has 5 rings (SSSR count). The maximum Gasteiger partial charge on any atom is 0.296 e. The van der Waals surface area contributed by atoms with Crippen molar-refractivity contribution >= 4 is 28.7 Å². The number of nitrogens with one attached hydrogen (secondary N) is 2. The highest BCUT2D eigenvalue weighted by Gasteiger charge is 2.25. The van der Waals surface area contributed by atoms with E-state index >= 15 is 0 Å². The zero-order valence-electron chi connectivity index (χ0n) is 23.0. The van der Waals surface area contributed by atoms with Gasteiger partial charge in [-0.3, -0.25) is 14.3 Å². The van der Waals surface area contributed by atoms with E-state index in [1.165, 1.54) is 4.57 Å². The molecule has 4 aromatic rings. The molecule has 0 saturated carbocycles. The van der Waals surface area contributed by atoms with Crippen molar-refractivity contribution in [3.05, 3.63) is 66.2 Å². The maximum absolute atomic E-state index is 14.2. The van der Waals surface area contributed by atoms with E-state index in [1.807, 2.05) is 24.1 Å². The third kappa shape index (κ3) is 6.57. The Kier molecular flexibility index (Phi) is 8.95. The van der Waals surface area contributed by atoms with Crippen LogP contribution < -0.4 is 15.5 Å². The van der Waals surface area contributed by atoms with Crippen LogP contribution in [0.25, 0.3) is 16.9 Å². The average Bonchev–Trinajstić information content (AvgIpc) is 3.40. The van der Waals surface area contributed by atoms with Crippen molar-refractivity contribution in [3.8, 4) is 5.82 Å². The van der Waals surface area contributed by atoms with Crippen LogP contribution in [0.15, 0.2) is 54.9 Å². The highest BCUT2D eigenvalue weighted by Crippen LogP contribution is 2.29. The van der Waals surface area contributed by atoms with Gasteiger partial charge in [0, 0.05) is 51.2 Å². The summed E-state index contributed by atoms with van der Waals surface area (Å²) in [5, 5.41) is 6.22. The van der Waals surface area contributed by atoms with Gasteiger partial charge in [-0.15, -0.1) is 0 Å². The van der Waals surface area contributed by atoms with Gasteiger partial charge < -0.3 is 25.2 Å². The van der Waals surface area contributed by atoms with E-state index in [9.17, 15) is 13.6 Å². The second kappa shape index (κ2) is 13.0. The number of hydrogen-bond donors (Lipinski definition) is 2. The highest BCUT2D eigenvalue weighted by atomic mass is 19.3. The summed E-state index contributed by atoms with van der Waals surface area (Å²) in [6.07, 6.45) is 0.560. The summed E-state index contributed by atoms with van der Waals surface area (Å²) in [7, 11) is 1.83. The number of pyridine rings is 1. The molecule has 1 aliphatic heterocycles. The molecule has 3 aromatic heterocycles. The van der Waals surface area contributed by atoms with Gasteiger partial charge >= 0.3 is 0 Å². The Morgan fingerprint density at radius 2 is 1.80 bits per heavy atom. The predicted octanol–water partition coefficient (Wildman–Crippen LogP) is 3.03. The Balaban J connectivity index is 1.49. The number of anilines is 2. The van der Waals surface area contributed by atoms with Gasteiger partial charge in [-0.2, -0.15) is 9.97 Å². The molecule has 0 spiro atoms. The number of nitrogens with zero attached hydrogens (tertiary/aromatic N) is 7. The summed E-state index contributed by atoms with van der Waals surface area (Å²) >= 11 is 0. The lowest BCUT2D eigenvalue weighted by molar-refractivity contribution is -0.132. The number of alkyl halides is 2. The lowest BCUT2D eigenvalue weighted by Gasteiger charge is -2.29. The Hall–Kier alpha value is -4.23. The standard InChI is InChI=1S/C28H33F2N9O2/c1-19(27(40)38(12-11-31-2)18-20-7-9-32-10-8-20)33-28-35-23(37-13-15-41-16-14-37)17-24(36-28)39-22-6-4-3-5-21(22)34-26(39)25(29)30/h3-10,17,19,25,31H,11-16,18H2,1-2H3,(H,33,35,36)/t19-/m0/s1. The van der Waals surface area contributed by atoms with Crippen LogP contribution in [0.1, 0.15) is 24.7 Å². The maximum atomic E-state index is 14.2. The van der Waals surface area contributed by atoms with Gasteiger partial charge in [-0.25, -0.2) is 13.8 Å². The second-order valence-electron chi connectivity index (χ2n) is 9.69. The smallest absolute Gasteiger partial charge is 0.296 e. The van der Waals surface area contributed by atoms with Crippen LogP contribution in [0.3, 0.4) is 0 Å². The Bertz CT molecular complexity index is 1460. The van der Waals surface area contributed by atoms with Gasteiger partial charge in [0.2, 0.25) is 11.9 Å². The molecule has 1 fully saturated rings. The number of likely N-dealkylation sites (N-methyl/N-ethyl adjacent to an activating group) is 1.